The van der Waals surface area contributed by atoms with Crippen molar-refractivity contribution in [2.75, 3.05) is 13.1 Å². The van der Waals surface area contributed by atoms with Crippen LogP contribution in [0.4, 0.5) is 0 Å². The first-order chi connectivity index (χ1) is 9.13. The fraction of sp³-hybridized carbons (Fsp3) is 0.471. The van der Waals surface area contributed by atoms with Crippen LogP contribution in [0.3, 0.4) is 0 Å². The van der Waals surface area contributed by atoms with Gasteiger partial charge >= 0.3 is 0 Å². The molecule has 0 saturated carbocycles. The van der Waals surface area contributed by atoms with Crippen molar-refractivity contribution in [1.29, 1.82) is 0 Å². The first-order valence-corrected chi connectivity index (χ1v) is 7.22. The minimum Gasteiger partial charge on any atom is -0.300 e. The van der Waals surface area contributed by atoms with Crippen molar-refractivity contribution in [1.82, 2.24) is 9.88 Å². The van der Waals surface area contributed by atoms with Crippen molar-refractivity contribution in [2.24, 2.45) is 5.92 Å². The molecule has 3 rings (SSSR count). The molecule has 2 heterocycles. The second-order valence-electron chi connectivity index (χ2n) is 6.11. The van der Waals surface area contributed by atoms with Gasteiger partial charge in [-0.3, -0.25) is 4.98 Å². The largest absolute Gasteiger partial charge is 0.300 e. The van der Waals surface area contributed by atoms with Crippen LogP contribution in [0.2, 0.25) is 0 Å². The van der Waals surface area contributed by atoms with Crippen LogP contribution in [-0.2, 0) is 6.42 Å². The van der Waals surface area contributed by atoms with Gasteiger partial charge in [-0.1, -0.05) is 11.6 Å². The fourth-order valence-electron chi connectivity index (χ4n) is 2.97. The van der Waals surface area contributed by atoms with Gasteiger partial charge in [0.1, 0.15) is 0 Å². The van der Waals surface area contributed by atoms with Crippen LogP contribution in [0.25, 0.3) is 10.9 Å². The maximum absolute atomic E-state index is 4.47. The summed E-state index contributed by atoms with van der Waals surface area (Å²) in [7, 11) is 0. The molecule has 0 atom stereocenters. The predicted molar refractivity (Wildman–Crippen MR) is 80.4 cm³/mol. The zero-order valence-corrected chi connectivity index (χ0v) is 12.1. The third-order valence-corrected chi connectivity index (χ3v) is 4.21. The standard InChI is InChI=1S/C17H22N2/c1-12(2)19-10-14(11-19)9-15-6-7-18-17-5-4-13(3)8-16(15)17/h4-8,12,14H,9-11H2,1-3H3. The van der Waals surface area contributed by atoms with Gasteiger partial charge in [0.15, 0.2) is 0 Å². The van der Waals surface area contributed by atoms with Crippen molar-refractivity contribution in [3.8, 4) is 0 Å². The summed E-state index contributed by atoms with van der Waals surface area (Å²) in [5.74, 6) is 0.813. The molecule has 0 aliphatic carbocycles. The van der Waals surface area contributed by atoms with Crippen LogP contribution in [-0.4, -0.2) is 29.0 Å². The topological polar surface area (TPSA) is 16.1 Å². The summed E-state index contributed by atoms with van der Waals surface area (Å²) in [6.45, 7) is 9.20. The molecule has 0 amide bonds. The predicted octanol–water partition coefficient (Wildman–Crippen LogP) is 3.43. The summed E-state index contributed by atoms with van der Waals surface area (Å²) in [6.07, 6.45) is 3.14. The van der Waals surface area contributed by atoms with Crippen LogP contribution in [0, 0.1) is 12.8 Å². The lowest BCUT2D eigenvalue weighted by Gasteiger charge is -2.42. The first-order valence-electron chi connectivity index (χ1n) is 7.22. The first kappa shape index (κ1) is 12.6. The molecule has 0 N–H and O–H groups in total. The molecular weight excluding hydrogens is 232 g/mol. The van der Waals surface area contributed by atoms with Gasteiger partial charge in [-0.2, -0.15) is 0 Å². The lowest BCUT2D eigenvalue weighted by atomic mass is 9.89. The van der Waals surface area contributed by atoms with Gasteiger partial charge in [-0.25, -0.2) is 0 Å². The van der Waals surface area contributed by atoms with Gasteiger partial charge in [0, 0.05) is 30.7 Å². The Bertz CT molecular complexity index is 583. The molecule has 0 radical (unpaired) electrons. The molecule has 1 fully saturated rings. The van der Waals surface area contributed by atoms with E-state index in [2.05, 4.69) is 54.9 Å². The SMILES string of the molecule is Cc1ccc2nccc(CC3CN(C(C)C)C3)c2c1. The molecule has 1 aliphatic rings. The highest BCUT2D eigenvalue weighted by Crippen LogP contribution is 2.26. The summed E-state index contributed by atoms with van der Waals surface area (Å²) in [5.41, 5.74) is 3.91. The van der Waals surface area contributed by atoms with Crippen LogP contribution in [0.1, 0.15) is 25.0 Å². The molecule has 19 heavy (non-hydrogen) atoms. The van der Waals surface area contributed by atoms with E-state index in [0.717, 1.165) is 11.4 Å². The fourth-order valence-corrected chi connectivity index (χ4v) is 2.97. The number of pyridine rings is 1. The third kappa shape index (κ3) is 2.50. The van der Waals surface area contributed by atoms with E-state index in [1.165, 1.54) is 36.0 Å². The average molecular weight is 254 g/mol. The molecule has 0 unspecified atom stereocenters. The smallest absolute Gasteiger partial charge is 0.0704 e. The van der Waals surface area contributed by atoms with Crippen molar-refractivity contribution in [3.63, 3.8) is 0 Å². The summed E-state index contributed by atoms with van der Waals surface area (Å²) < 4.78 is 0. The normalized spacial score (nSPS) is 17.1. The molecular formula is C17H22N2. The molecule has 1 saturated heterocycles. The Labute approximate surface area is 115 Å². The number of aromatic nitrogens is 1. The molecule has 100 valence electrons. The molecule has 2 aromatic rings. The highest BCUT2D eigenvalue weighted by molar-refractivity contribution is 5.82. The van der Waals surface area contributed by atoms with Crippen molar-refractivity contribution in [3.05, 3.63) is 41.6 Å². The van der Waals surface area contributed by atoms with E-state index in [-0.39, 0.29) is 0 Å². The number of aryl methyl sites for hydroxylation is 1. The third-order valence-electron chi connectivity index (χ3n) is 4.21. The minimum absolute atomic E-state index is 0.688. The maximum atomic E-state index is 4.47. The molecule has 1 aromatic carbocycles. The van der Waals surface area contributed by atoms with E-state index in [1.807, 2.05) is 6.20 Å². The van der Waals surface area contributed by atoms with Crippen molar-refractivity contribution in [2.45, 2.75) is 33.2 Å². The minimum atomic E-state index is 0.688. The number of likely N-dealkylation sites (tertiary alicyclic amines) is 1. The summed E-state index contributed by atoms with van der Waals surface area (Å²) >= 11 is 0. The highest BCUT2D eigenvalue weighted by atomic mass is 15.2. The monoisotopic (exact) mass is 254 g/mol. The van der Waals surface area contributed by atoms with E-state index in [1.54, 1.807) is 0 Å². The molecule has 0 bridgehead atoms. The van der Waals surface area contributed by atoms with Crippen LogP contribution < -0.4 is 0 Å². The van der Waals surface area contributed by atoms with Gasteiger partial charge < -0.3 is 4.90 Å². The Morgan fingerprint density at radius 1 is 1.26 bits per heavy atom. The molecule has 0 spiro atoms. The molecule has 1 aromatic heterocycles. The lowest BCUT2D eigenvalue weighted by molar-refractivity contribution is 0.0683. The van der Waals surface area contributed by atoms with Gasteiger partial charge in [0.25, 0.3) is 0 Å². The number of hydrogen-bond donors (Lipinski definition) is 0. The molecule has 2 heteroatoms. The van der Waals surface area contributed by atoms with E-state index < -0.39 is 0 Å². The van der Waals surface area contributed by atoms with Gasteiger partial charge in [0.05, 0.1) is 5.52 Å². The lowest BCUT2D eigenvalue weighted by Crippen LogP contribution is -2.50. The van der Waals surface area contributed by atoms with E-state index in [9.17, 15) is 0 Å². The number of fused-ring (bicyclic) bond motifs is 1. The van der Waals surface area contributed by atoms with Gasteiger partial charge in [-0.15, -0.1) is 0 Å². The second-order valence-corrected chi connectivity index (χ2v) is 6.11. The van der Waals surface area contributed by atoms with E-state index >= 15 is 0 Å². The summed E-state index contributed by atoms with van der Waals surface area (Å²) in [6, 6.07) is 9.43. The van der Waals surface area contributed by atoms with E-state index in [4.69, 9.17) is 0 Å². The van der Waals surface area contributed by atoms with Crippen LogP contribution in [0.15, 0.2) is 30.5 Å². The number of benzene rings is 1. The van der Waals surface area contributed by atoms with Crippen molar-refractivity contribution >= 4 is 10.9 Å². The number of nitrogens with zero attached hydrogens (tertiary/aromatic N) is 2. The number of hydrogen-bond acceptors (Lipinski definition) is 2. The second kappa shape index (κ2) is 4.93. The van der Waals surface area contributed by atoms with Gasteiger partial charge in [0.2, 0.25) is 0 Å². The van der Waals surface area contributed by atoms with Gasteiger partial charge in [-0.05, 0) is 56.9 Å². The Balaban J connectivity index is 1.80. The Morgan fingerprint density at radius 2 is 2.05 bits per heavy atom. The van der Waals surface area contributed by atoms with Crippen molar-refractivity contribution < 1.29 is 0 Å². The highest BCUT2D eigenvalue weighted by Gasteiger charge is 2.28. The zero-order chi connectivity index (χ0) is 13.4. The quantitative estimate of drug-likeness (QED) is 0.834. The number of rotatable bonds is 3. The van der Waals surface area contributed by atoms with Crippen LogP contribution >= 0.6 is 0 Å². The Kier molecular flexibility index (Phi) is 3.28. The Hall–Kier alpha value is -1.41. The summed E-state index contributed by atoms with van der Waals surface area (Å²) in [5, 5.41) is 1.34. The summed E-state index contributed by atoms with van der Waals surface area (Å²) in [4.78, 5) is 7.01. The Morgan fingerprint density at radius 3 is 2.79 bits per heavy atom. The molecule has 2 nitrogen and oxygen atoms in total. The van der Waals surface area contributed by atoms with E-state index in [0.29, 0.717) is 6.04 Å². The average Bonchev–Trinajstić information content (AvgIpc) is 2.33. The maximum Gasteiger partial charge on any atom is 0.0704 e. The van der Waals surface area contributed by atoms with Crippen LogP contribution in [0.5, 0.6) is 0 Å². The molecule has 1 aliphatic heterocycles. The zero-order valence-electron chi connectivity index (χ0n) is 12.1.